The highest BCUT2D eigenvalue weighted by atomic mass is 35.5. The maximum absolute atomic E-state index is 12.1. The van der Waals surface area contributed by atoms with E-state index in [2.05, 4.69) is 15.5 Å². The van der Waals surface area contributed by atoms with E-state index in [0.717, 1.165) is 5.56 Å². The first kappa shape index (κ1) is 20.4. The van der Waals surface area contributed by atoms with E-state index in [9.17, 15) is 4.79 Å². The van der Waals surface area contributed by atoms with Crippen molar-refractivity contribution in [3.63, 3.8) is 0 Å². The van der Waals surface area contributed by atoms with Crippen molar-refractivity contribution in [3.05, 3.63) is 59.1 Å². The zero-order chi connectivity index (χ0) is 20.6. The van der Waals surface area contributed by atoms with Gasteiger partial charge >= 0.3 is 6.01 Å². The van der Waals surface area contributed by atoms with E-state index in [1.807, 2.05) is 26.0 Å². The average Bonchev–Trinajstić information content (AvgIpc) is 3.17. The molecule has 0 bridgehead atoms. The summed E-state index contributed by atoms with van der Waals surface area (Å²) < 4.78 is 16.7. The summed E-state index contributed by atoms with van der Waals surface area (Å²) in [4.78, 5) is 12.1. The summed E-state index contributed by atoms with van der Waals surface area (Å²) >= 11 is 6.06. The summed E-state index contributed by atoms with van der Waals surface area (Å²) in [5, 5.41) is 10.9. The predicted octanol–water partition coefficient (Wildman–Crippen LogP) is 4.84. The number of hydrogen-bond donors (Lipinski definition) is 1. The second kappa shape index (κ2) is 9.75. The first-order chi connectivity index (χ1) is 14.1. The molecule has 29 heavy (non-hydrogen) atoms. The van der Waals surface area contributed by atoms with Gasteiger partial charge in [-0.2, -0.15) is 0 Å². The Morgan fingerprint density at radius 1 is 1.10 bits per heavy atom. The number of ether oxygens (including phenoxy) is 2. The van der Waals surface area contributed by atoms with Crippen LogP contribution in [0.1, 0.15) is 19.4 Å². The molecule has 0 spiro atoms. The van der Waals surface area contributed by atoms with Gasteiger partial charge < -0.3 is 13.9 Å². The number of anilines is 1. The average molecular weight is 414 g/mol. The number of halogens is 1. The molecule has 2 aromatic carbocycles. The minimum atomic E-state index is -0.415. The number of carbonyl (C=O) groups excluding carboxylic acids is 1. The highest BCUT2D eigenvalue weighted by Gasteiger charge is 2.13. The van der Waals surface area contributed by atoms with Crippen molar-refractivity contribution in [1.82, 2.24) is 10.2 Å². The van der Waals surface area contributed by atoms with E-state index in [1.165, 1.54) is 6.08 Å². The van der Waals surface area contributed by atoms with E-state index in [-0.39, 0.29) is 11.9 Å². The predicted molar refractivity (Wildman–Crippen MR) is 111 cm³/mol. The van der Waals surface area contributed by atoms with E-state index < -0.39 is 5.91 Å². The van der Waals surface area contributed by atoms with Crippen molar-refractivity contribution in [2.75, 3.05) is 18.5 Å². The van der Waals surface area contributed by atoms with Crippen LogP contribution in [0.2, 0.25) is 5.02 Å². The van der Waals surface area contributed by atoms with Crippen molar-refractivity contribution in [2.45, 2.75) is 13.8 Å². The molecule has 0 aliphatic heterocycles. The third kappa shape index (κ3) is 5.36. The lowest BCUT2D eigenvalue weighted by Gasteiger charge is -2.11. The van der Waals surface area contributed by atoms with Gasteiger partial charge in [-0.25, -0.2) is 0 Å². The molecule has 0 fully saturated rings. The normalized spacial score (nSPS) is 10.9. The number of nitrogens with one attached hydrogen (secondary N) is 1. The molecule has 0 saturated heterocycles. The van der Waals surface area contributed by atoms with Crippen LogP contribution in [-0.2, 0) is 4.79 Å². The Hall–Kier alpha value is -3.32. The lowest BCUT2D eigenvalue weighted by atomic mass is 10.2. The van der Waals surface area contributed by atoms with Gasteiger partial charge in [0.2, 0.25) is 5.89 Å². The molecule has 8 heteroatoms. The molecule has 7 nitrogen and oxygen atoms in total. The first-order valence-electron chi connectivity index (χ1n) is 9.07. The van der Waals surface area contributed by atoms with Gasteiger partial charge in [-0.15, -0.1) is 5.10 Å². The fourth-order valence-electron chi connectivity index (χ4n) is 2.50. The Bertz CT molecular complexity index is 1020. The summed E-state index contributed by atoms with van der Waals surface area (Å²) in [6.45, 7) is 4.81. The van der Waals surface area contributed by atoms with Crippen LogP contribution in [0.5, 0.6) is 11.5 Å². The van der Waals surface area contributed by atoms with Gasteiger partial charge in [0.1, 0.15) is 0 Å². The lowest BCUT2D eigenvalue weighted by Crippen LogP contribution is -2.07. The zero-order valence-corrected chi connectivity index (χ0v) is 16.8. The molecule has 150 valence electrons. The Morgan fingerprint density at radius 2 is 1.86 bits per heavy atom. The number of rotatable bonds is 8. The molecule has 1 aromatic heterocycles. The minimum absolute atomic E-state index is 0.0133. The molecule has 1 heterocycles. The highest BCUT2D eigenvalue weighted by molar-refractivity contribution is 6.32. The molecule has 3 aromatic rings. The van der Waals surface area contributed by atoms with Gasteiger partial charge in [0.25, 0.3) is 5.91 Å². The number of hydrogen-bond acceptors (Lipinski definition) is 6. The molecule has 0 atom stereocenters. The van der Waals surface area contributed by atoms with Crippen molar-refractivity contribution in [1.29, 1.82) is 0 Å². The van der Waals surface area contributed by atoms with E-state index in [0.29, 0.717) is 35.3 Å². The second-order valence-corrected chi connectivity index (χ2v) is 6.19. The van der Waals surface area contributed by atoms with Crippen LogP contribution >= 0.6 is 11.6 Å². The third-order valence-electron chi connectivity index (χ3n) is 3.76. The monoisotopic (exact) mass is 413 g/mol. The van der Waals surface area contributed by atoms with Crippen molar-refractivity contribution in [3.8, 4) is 23.0 Å². The van der Waals surface area contributed by atoms with E-state index in [1.54, 1.807) is 36.4 Å². The summed E-state index contributed by atoms with van der Waals surface area (Å²) in [5.41, 5.74) is 1.38. The van der Waals surface area contributed by atoms with Crippen LogP contribution in [0.25, 0.3) is 17.5 Å². The lowest BCUT2D eigenvalue weighted by molar-refractivity contribution is -0.112. The molecule has 3 rings (SSSR count). The van der Waals surface area contributed by atoms with Gasteiger partial charge in [0, 0.05) is 16.7 Å². The van der Waals surface area contributed by atoms with Crippen LogP contribution < -0.4 is 14.8 Å². The van der Waals surface area contributed by atoms with Crippen molar-refractivity contribution >= 4 is 29.6 Å². The highest BCUT2D eigenvalue weighted by Crippen LogP contribution is 2.32. The van der Waals surface area contributed by atoms with Gasteiger partial charge in [-0.05, 0) is 49.8 Å². The summed E-state index contributed by atoms with van der Waals surface area (Å²) in [6.07, 6.45) is 2.95. The fourth-order valence-corrected chi connectivity index (χ4v) is 2.70. The Morgan fingerprint density at radius 3 is 2.62 bits per heavy atom. The Labute approximate surface area is 173 Å². The molecule has 0 aliphatic rings. The van der Waals surface area contributed by atoms with Crippen molar-refractivity contribution < 1.29 is 18.7 Å². The topological polar surface area (TPSA) is 86.5 Å². The van der Waals surface area contributed by atoms with Crippen LogP contribution in [0, 0.1) is 0 Å². The van der Waals surface area contributed by atoms with Crippen molar-refractivity contribution in [2.24, 2.45) is 0 Å². The van der Waals surface area contributed by atoms with Gasteiger partial charge in [0.05, 0.1) is 13.2 Å². The van der Waals surface area contributed by atoms with Crippen LogP contribution in [-0.4, -0.2) is 29.3 Å². The summed E-state index contributed by atoms with van der Waals surface area (Å²) in [5.74, 6) is 1.05. The molecule has 0 aliphatic carbocycles. The van der Waals surface area contributed by atoms with Crippen LogP contribution in [0.3, 0.4) is 0 Å². The van der Waals surface area contributed by atoms with Gasteiger partial charge in [-0.3, -0.25) is 10.1 Å². The Balaban J connectivity index is 1.71. The first-order valence-corrected chi connectivity index (χ1v) is 9.45. The second-order valence-electron chi connectivity index (χ2n) is 5.78. The SMILES string of the molecule is CCOc1ccc(-c2nnc(NC(=O)/C=C/c3ccccc3Cl)o2)cc1OCC. The number of carbonyl (C=O) groups is 1. The Kier molecular flexibility index (Phi) is 6.86. The molecule has 0 saturated carbocycles. The molecule has 1 N–H and O–H groups in total. The van der Waals surface area contributed by atoms with Gasteiger partial charge in [0.15, 0.2) is 11.5 Å². The largest absolute Gasteiger partial charge is 0.490 e. The minimum Gasteiger partial charge on any atom is -0.490 e. The quantitative estimate of drug-likeness (QED) is 0.532. The standard InChI is InChI=1S/C21H20ClN3O4/c1-3-27-17-11-9-15(13-18(17)28-4-2)20-24-25-21(29-20)23-19(26)12-10-14-7-5-6-8-16(14)22/h5-13H,3-4H2,1-2H3,(H,23,25,26)/b12-10+. The number of nitrogens with zero attached hydrogens (tertiary/aromatic N) is 2. The van der Waals surface area contributed by atoms with Crippen LogP contribution in [0.4, 0.5) is 6.01 Å². The number of benzene rings is 2. The zero-order valence-electron chi connectivity index (χ0n) is 16.0. The maximum Gasteiger partial charge on any atom is 0.322 e. The molecular formula is C21H20ClN3O4. The van der Waals surface area contributed by atoms with Crippen LogP contribution in [0.15, 0.2) is 53.0 Å². The molecule has 0 unspecified atom stereocenters. The summed E-state index contributed by atoms with van der Waals surface area (Å²) in [7, 11) is 0. The molecule has 0 radical (unpaired) electrons. The molecule has 1 amide bonds. The number of aromatic nitrogens is 2. The van der Waals surface area contributed by atoms with Gasteiger partial charge in [-0.1, -0.05) is 34.9 Å². The summed E-state index contributed by atoms with van der Waals surface area (Å²) in [6, 6.07) is 12.5. The van der Waals surface area contributed by atoms with E-state index >= 15 is 0 Å². The van der Waals surface area contributed by atoms with E-state index in [4.69, 9.17) is 25.5 Å². The smallest absolute Gasteiger partial charge is 0.322 e. The molecular weight excluding hydrogens is 394 g/mol. The third-order valence-corrected chi connectivity index (χ3v) is 4.11. The fraction of sp³-hybridized carbons (Fsp3) is 0.190. The maximum atomic E-state index is 12.1. The number of amides is 1.